The molecule has 1 fully saturated rings. The number of primary amides is 1. The second-order valence-electron chi connectivity index (χ2n) is 5.51. The first-order valence-corrected chi connectivity index (χ1v) is 7.28. The third-order valence-corrected chi connectivity index (χ3v) is 4.01. The van der Waals surface area contributed by atoms with Crippen molar-refractivity contribution < 1.29 is 9.59 Å². The van der Waals surface area contributed by atoms with E-state index in [1.54, 1.807) is 4.90 Å². The molecule has 3 rings (SSSR count). The summed E-state index contributed by atoms with van der Waals surface area (Å²) in [4.78, 5) is 33.5. The molecular formula is C16H17N5O2. The molecule has 0 aliphatic carbocycles. The van der Waals surface area contributed by atoms with Gasteiger partial charge in [0.15, 0.2) is 11.4 Å². The van der Waals surface area contributed by atoms with Crippen molar-refractivity contribution in [2.45, 2.75) is 12.0 Å². The first-order valence-electron chi connectivity index (χ1n) is 7.28. The molecule has 2 aromatic rings. The van der Waals surface area contributed by atoms with Gasteiger partial charge < -0.3 is 16.4 Å². The van der Waals surface area contributed by atoms with Crippen molar-refractivity contribution in [2.75, 3.05) is 13.1 Å². The van der Waals surface area contributed by atoms with E-state index < -0.39 is 5.91 Å². The quantitative estimate of drug-likeness (QED) is 0.836. The fourth-order valence-corrected chi connectivity index (χ4v) is 2.87. The highest BCUT2D eigenvalue weighted by atomic mass is 16.2. The van der Waals surface area contributed by atoms with E-state index in [1.807, 2.05) is 30.3 Å². The summed E-state index contributed by atoms with van der Waals surface area (Å²) < 4.78 is 0. The van der Waals surface area contributed by atoms with E-state index in [2.05, 4.69) is 9.97 Å². The SMILES string of the molecule is NC(=O)c1nccnc1C(=O)N1C[C@@H](N)[C@H](c2ccccc2)C1. The topological polar surface area (TPSA) is 115 Å². The highest BCUT2D eigenvalue weighted by Gasteiger charge is 2.35. The molecule has 1 aliphatic heterocycles. The molecule has 1 aliphatic rings. The van der Waals surface area contributed by atoms with E-state index >= 15 is 0 Å². The number of amides is 2. The molecule has 2 heterocycles. The summed E-state index contributed by atoms with van der Waals surface area (Å²) >= 11 is 0. The normalized spacial score (nSPS) is 20.5. The van der Waals surface area contributed by atoms with Gasteiger partial charge in [-0.25, -0.2) is 9.97 Å². The number of likely N-dealkylation sites (tertiary alicyclic amines) is 1. The second kappa shape index (κ2) is 6.13. The van der Waals surface area contributed by atoms with Crippen LogP contribution in [-0.2, 0) is 0 Å². The Bertz CT molecular complexity index is 734. The molecule has 1 aromatic carbocycles. The number of nitrogens with two attached hydrogens (primary N) is 2. The largest absolute Gasteiger partial charge is 0.364 e. The lowest BCUT2D eigenvalue weighted by Crippen LogP contribution is -2.34. The Morgan fingerprint density at radius 3 is 2.35 bits per heavy atom. The molecule has 2 amide bonds. The zero-order valence-corrected chi connectivity index (χ0v) is 12.4. The Morgan fingerprint density at radius 1 is 1.04 bits per heavy atom. The highest BCUT2D eigenvalue weighted by molar-refractivity contribution is 6.04. The maximum absolute atomic E-state index is 12.7. The minimum atomic E-state index is -0.774. The second-order valence-corrected chi connectivity index (χ2v) is 5.51. The summed E-state index contributed by atoms with van der Waals surface area (Å²) in [6.45, 7) is 0.867. The van der Waals surface area contributed by atoms with Gasteiger partial charge in [-0.1, -0.05) is 30.3 Å². The molecular weight excluding hydrogens is 294 g/mol. The summed E-state index contributed by atoms with van der Waals surface area (Å²) in [5.74, 6) is -1.10. The lowest BCUT2D eigenvalue weighted by Gasteiger charge is -2.16. The van der Waals surface area contributed by atoms with Crippen molar-refractivity contribution in [2.24, 2.45) is 11.5 Å². The average Bonchev–Trinajstić information content (AvgIpc) is 2.97. The first kappa shape index (κ1) is 15.1. The van der Waals surface area contributed by atoms with Gasteiger partial charge in [0.25, 0.3) is 11.8 Å². The molecule has 0 unspecified atom stereocenters. The monoisotopic (exact) mass is 311 g/mol. The minimum absolute atomic E-state index is 0.0269. The fourth-order valence-electron chi connectivity index (χ4n) is 2.87. The van der Waals surface area contributed by atoms with E-state index in [-0.39, 0.29) is 29.3 Å². The summed E-state index contributed by atoms with van der Waals surface area (Å²) in [5, 5.41) is 0. The van der Waals surface area contributed by atoms with Crippen LogP contribution in [0, 0.1) is 0 Å². The number of hydrogen-bond acceptors (Lipinski definition) is 5. The smallest absolute Gasteiger partial charge is 0.274 e. The fraction of sp³-hybridized carbons (Fsp3) is 0.250. The van der Waals surface area contributed by atoms with Gasteiger partial charge in [-0.15, -0.1) is 0 Å². The van der Waals surface area contributed by atoms with Crippen molar-refractivity contribution in [3.05, 3.63) is 59.7 Å². The van der Waals surface area contributed by atoms with Crippen LogP contribution in [0.15, 0.2) is 42.7 Å². The van der Waals surface area contributed by atoms with Gasteiger partial charge in [0.05, 0.1) is 0 Å². The van der Waals surface area contributed by atoms with E-state index in [0.717, 1.165) is 5.56 Å². The Kier molecular flexibility index (Phi) is 4.03. The van der Waals surface area contributed by atoms with Crippen molar-refractivity contribution in [3.8, 4) is 0 Å². The molecule has 7 heteroatoms. The number of carbonyl (C=O) groups excluding carboxylic acids is 2. The van der Waals surface area contributed by atoms with Crippen LogP contribution in [0.1, 0.15) is 32.5 Å². The van der Waals surface area contributed by atoms with Crippen LogP contribution >= 0.6 is 0 Å². The Morgan fingerprint density at radius 2 is 1.70 bits per heavy atom. The number of hydrogen-bond donors (Lipinski definition) is 2. The summed E-state index contributed by atoms with van der Waals surface area (Å²) in [5.41, 5.74) is 12.4. The summed E-state index contributed by atoms with van der Waals surface area (Å²) in [6.07, 6.45) is 2.70. The molecule has 118 valence electrons. The zero-order chi connectivity index (χ0) is 16.4. The highest BCUT2D eigenvalue weighted by Crippen LogP contribution is 2.27. The van der Waals surface area contributed by atoms with Crippen LogP contribution in [0.2, 0.25) is 0 Å². The Labute approximate surface area is 133 Å². The van der Waals surface area contributed by atoms with Gasteiger partial charge in [0, 0.05) is 37.4 Å². The van der Waals surface area contributed by atoms with Crippen molar-refractivity contribution in [1.82, 2.24) is 14.9 Å². The van der Waals surface area contributed by atoms with Crippen molar-refractivity contribution in [3.63, 3.8) is 0 Å². The van der Waals surface area contributed by atoms with E-state index in [4.69, 9.17) is 11.5 Å². The van der Waals surface area contributed by atoms with Gasteiger partial charge in [0.1, 0.15) is 0 Å². The van der Waals surface area contributed by atoms with E-state index in [1.165, 1.54) is 12.4 Å². The lowest BCUT2D eigenvalue weighted by atomic mass is 9.95. The number of aromatic nitrogens is 2. The number of nitrogens with zero attached hydrogens (tertiary/aromatic N) is 3. The third-order valence-electron chi connectivity index (χ3n) is 4.01. The average molecular weight is 311 g/mol. The summed E-state index contributed by atoms with van der Waals surface area (Å²) in [7, 11) is 0. The minimum Gasteiger partial charge on any atom is -0.364 e. The molecule has 2 atom stereocenters. The number of benzene rings is 1. The third kappa shape index (κ3) is 2.91. The molecule has 0 spiro atoms. The number of carbonyl (C=O) groups is 2. The maximum atomic E-state index is 12.7. The molecule has 1 saturated heterocycles. The first-order chi connectivity index (χ1) is 11.1. The molecule has 1 aromatic heterocycles. The van der Waals surface area contributed by atoms with Crippen LogP contribution in [0.3, 0.4) is 0 Å². The molecule has 4 N–H and O–H groups in total. The standard InChI is InChI=1S/C16H17N5O2/c17-12-9-21(8-11(12)10-4-2-1-3-5-10)16(23)14-13(15(18)22)19-6-7-20-14/h1-7,11-12H,8-9,17H2,(H2,18,22)/t11-,12+/m0/s1. The van der Waals surface area contributed by atoms with Crippen LogP contribution in [-0.4, -0.2) is 45.8 Å². The number of rotatable bonds is 3. The van der Waals surface area contributed by atoms with Gasteiger partial charge in [-0.3, -0.25) is 9.59 Å². The molecule has 0 radical (unpaired) electrons. The summed E-state index contributed by atoms with van der Waals surface area (Å²) in [6, 6.07) is 9.65. The maximum Gasteiger partial charge on any atom is 0.274 e. The van der Waals surface area contributed by atoms with Gasteiger partial charge in [-0.05, 0) is 5.56 Å². The van der Waals surface area contributed by atoms with Crippen LogP contribution in [0.25, 0.3) is 0 Å². The Balaban J connectivity index is 1.84. The predicted molar refractivity (Wildman–Crippen MR) is 83.6 cm³/mol. The predicted octanol–water partition coefficient (Wildman–Crippen LogP) is 0.142. The molecule has 0 saturated carbocycles. The van der Waals surface area contributed by atoms with E-state index in [9.17, 15) is 9.59 Å². The van der Waals surface area contributed by atoms with E-state index in [0.29, 0.717) is 13.1 Å². The van der Waals surface area contributed by atoms with Crippen molar-refractivity contribution >= 4 is 11.8 Å². The van der Waals surface area contributed by atoms with Crippen LogP contribution in [0.4, 0.5) is 0 Å². The lowest BCUT2D eigenvalue weighted by molar-refractivity contribution is 0.0776. The van der Waals surface area contributed by atoms with Crippen LogP contribution < -0.4 is 11.5 Å². The zero-order valence-electron chi connectivity index (χ0n) is 12.4. The van der Waals surface area contributed by atoms with Gasteiger partial charge in [0.2, 0.25) is 0 Å². The Hall–Kier alpha value is -2.80. The molecule has 0 bridgehead atoms. The molecule has 23 heavy (non-hydrogen) atoms. The molecule has 7 nitrogen and oxygen atoms in total. The van der Waals surface area contributed by atoms with Gasteiger partial charge >= 0.3 is 0 Å². The van der Waals surface area contributed by atoms with Gasteiger partial charge in [-0.2, -0.15) is 0 Å². The van der Waals surface area contributed by atoms with Crippen LogP contribution in [0.5, 0.6) is 0 Å². The van der Waals surface area contributed by atoms with Crippen molar-refractivity contribution in [1.29, 1.82) is 0 Å².